The largest absolute Gasteiger partial charge is 0.481 e. The minimum Gasteiger partial charge on any atom is -0.481 e. The van der Waals surface area contributed by atoms with E-state index in [1.165, 1.54) is 43.5 Å². The van der Waals surface area contributed by atoms with Crippen molar-refractivity contribution >= 4 is 17.3 Å². The molecule has 1 aliphatic carbocycles. The fourth-order valence-electron chi connectivity index (χ4n) is 2.97. The van der Waals surface area contributed by atoms with Gasteiger partial charge in [0.1, 0.15) is 0 Å². The number of nitrogens with zero attached hydrogens (tertiary/aromatic N) is 1. The Kier molecular flexibility index (Phi) is 5.37. The average molecular weight is 281 g/mol. The fourth-order valence-corrected chi connectivity index (χ4v) is 3.99. The van der Waals surface area contributed by atoms with Gasteiger partial charge in [0.05, 0.1) is 17.1 Å². The summed E-state index contributed by atoms with van der Waals surface area (Å²) in [5, 5.41) is 12.0. The summed E-state index contributed by atoms with van der Waals surface area (Å²) >= 11 is 1.72. The van der Waals surface area contributed by atoms with Crippen molar-refractivity contribution < 1.29 is 9.90 Å². The molecule has 0 amide bonds. The number of carbonyl (C=O) groups is 1. The predicted octanol–water partition coefficient (Wildman–Crippen LogP) is 4.23. The molecule has 0 atom stereocenters. The zero-order valence-corrected chi connectivity index (χ0v) is 12.4. The summed E-state index contributed by atoms with van der Waals surface area (Å²) in [5.41, 5.74) is 0.957. The number of aliphatic carboxylic acids is 1. The van der Waals surface area contributed by atoms with E-state index in [0.717, 1.165) is 11.6 Å². The van der Waals surface area contributed by atoms with Gasteiger partial charge in [0.25, 0.3) is 0 Å². The third-order valence-corrected chi connectivity index (χ3v) is 5.11. The second-order valence-electron chi connectivity index (χ2n) is 5.58. The van der Waals surface area contributed by atoms with Crippen molar-refractivity contribution in [3.05, 3.63) is 16.1 Å². The zero-order valence-electron chi connectivity index (χ0n) is 11.6. The van der Waals surface area contributed by atoms with Gasteiger partial charge >= 0.3 is 5.97 Å². The van der Waals surface area contributed by atoms with Crippen LogP contribution in [-0.4, -0.2) is 16.1 Å². The number of aromatic nitrogens is 1. The van der Waals surface area contributed by atoms with Crippen molar-refractivity contribution in [3.8, 4) is 0 Å². The summed E-state index contributed by atoms with van der Waals surface area (Å²) in [7, 11) is 0. The fraction of sp³-hybridized carbons (Fsp3) is 0.733. The highest BCUT2D eigenvalue weighted by Gasteiger charge is 2.23. The Morgan fingerprint density at radius 2 is 2.16 bits per heavy atom. The van der Waals surface area contributed by atoms with Crippen LogP contribution in [0.1, 0.15) is 68.5 Å². The molecule has 1 N–H and O–H groups in total. The standard InChI is InChI=1S/C15H23NO2S/c1-2-3-11-4-6-12(7-5-11)15-16-13(10-19-15)8-9-14(17)18/h10-12H,2-9H2,1H3,(H,17,18). The van der Waals surface area contributed by atoms with Crippen LogP contribution in [-0.2, 0) is 11.2 Å². The van der Waals surface area contributed by atoms with E-state index in [0.29, 0.717) is 12.3 Å². The Labute approximate surface area is 119 Å². The van der Waals surface area contributed by atoms with Crippen LogP contribution in [0.3, 0.4) is 0 Å². The molecule has 0 aromatic carbocycles. The lowest BCUT2D eigenvalue weighted by Crippen LogP contribution is -2.13. The second kappa shape index (κ2) is 7.04. The van der Waals surface area contributed by atoms with Crippen LogP contribution >= 0.6 is 11.3 Å². The molecule has 0 unspecified atom stereocenters. The van der Waals surface area contributed by atoms with Crippen molar-refractivity contribution in [2.24, 2.45) is 5.92 Å². The summed E-state index contributed by atoms with van der Waals surface area (Å²) in [5.74, 6) is 0.805. The molecule has 19 heavy (non-hydrogen) atoms. The quantitative estimate of drug-likeness (QED) is 0.848. The maximum atomic E-state index is 10.6. The van der Waals surface area contributed by atoms with Crippen LogP contribution in [0, 0.1) is 5.92 Å². The topological polar surface area (TPSA) is 50.2 Å². The van der Waals surface area contributed by atoms with Crippen molar-refractivity contribution in [1.82, 2.24) is 4.98 Å². The molecule has 1 fully saturated rings. The van der Waals surface area contributed by atoms with Crippen molar-refractivity contribution in [3.63, 3.8) is 0 Å². The van der Waals surface area contributed by atoms with E-state index in [1.54, 1.807) is 11.3 Å². The number of aryl methyl sites for hydroxylation is 1. The molecule has 106 valence electrons. The van der Waals surface area contributed by atoms with Gasteiger partial charge in [0.2, 0.25) is 0 Å². The van der Waals surface area contributed by atoms with E-state index in [9.17, 15) is 4.79 Å². The van der Waals surface area contributed by atoms with Crippen LogP contribution < -0.4 is 0 Å². The highest BCUT2D eigenvalue weighted by Crippen LogP contribution is 2.38. The highest BCUT2D eigenvalue weighted by molar-refractivity contribution is 7.09. The summed E-state index contributed by atoms with van der Waals surface area (Å²) in [6.07, 6.45) is 8.61. The molecule has 0 saturated heterocycles. The Bertz CT molecular complexity index is 408. The zero-order chi connectivity index (χ0) is 13.7. The molecule has 1 heterocycles. The monoisotopic (exact) mass is 281 g/mol. The molecule has 1 aliphatic rings. The third-order valence-electron chi connectivity index (χ3n) is 4.06. The third kappa shape index (κ3) is 4.30. The average Bonchev–Trinajstić information content (AvgIpc) is 2.86. The van der Waals surface area contributed by atoms with E-state index in [1.807, 2.05) is 5.38 Å². The Morgan fingerprint density at radius 3 is 2.79 bits per heavy atom. The Balaban J connectivity index is 1.84. The van der Waals surface area contributed by atoms with Gasteiger partial charge in [-0.1, -0.05) is 19.8 Å². The lowest BCUT2D eigenvalue weighted by molar-refractivity contribution is -0.136. The van der Waals surface area contributed by atoms with Crippen LogP contribution in [0.2, 0.25) is 0 Å². The second-order valence-corrected chi connectivity index (χ2v) is 6.47. The van der Waals surface area contributed by atoms with Crippen molar-refractivity contribution in [1.29, 1.82) is 0 Å². The number of hydrogen-bond donors (Lipinski definition) is 1. The highest BCUT2D eigenvalue weighted by atomic mass is 32.1. The Morgan fingerprint density at radius 1 is 1.42 bits per heavy atom. The predicted molar refractivity (Wildman–Crippen MR) is 77.7 cm³/mol. The summed E-state index contributed by atoms with van der Waals surface area (Å²) in [6.45, 7) is 2.27. The first kappa shape index (κ1) is 14.5. The normalized spacial score (nSPS) is 23.4. The molecule has 4 heteroatoms. The molecule has 0 bridgehead atoms. The minimum atomic E-state index is -0.741. The number of carboxylic acids is 1. The summed E-state index contributed by atoms with van der Waals surface area (Å²) in [6, 6.07) is 0. The molecule has 0 aliphatic heterocycles. The Hall–Kier alpha value is -0.900. The number of carboxylic acid groups (broad SMARTS) is 1. The number of rotatable bonds is 6. The molecule has 0 spiro atoms. The van der Waals surface area contributed by atoms with Gasteiger partial charge in [-0.25, -0.2) is 4.98 Å². The molecule has 1 aromatic heterocycles. The van der Waals surface area contributed by atoms with Crippen LogP contribution in [0.15, 0.2) is 5.38 Å². The summed E-state index contributed by atoms with van der Waals surface area (Å²) in [4.78, 5) is 15.2. The maximum absolute atomic E-state index is 10.6. The van der Waals surface area contributed by atoms with Crippen LogP contribution in [0.5, 0.6) is 0 Å². The lowest BCUT2D eigenvalue weighted by Gasteiger charge is -2.26. The van der Waals surface area contributed by atoms with Gasteiger partial charge in [-0.2, -0.15) is 0 Å². The molecular weight excluding hydrogens is 258 g/mol. The van der Waals surface area contributed by atoms with Gasteiger partial charge in [-0.05, 0) is 31.6 Å². The van der Waals surface area contributed by atoms with E-state index >= 15 is 0 Å². The van der Waals surface area contributed by atoms with E-state index in [2.05, 4.69) is 11.9 Å². The van der Waals surface area contributed by atoms with Gasteiger partial charge in [0, 0.05) is 17.7 Å². The van der Waals surface area contributed by atoms with Gasteiger partial charge in [0.15, 0.2) is 0 Å². The van der Waals surface area contributed by atoms with Gasteiger partial charge in [-0.15, -0.1) is 11.3 Å². The van der Waals surface area contributed by atoms with Crippen LogP contribution in [0.25, 0.3) is 0 Å². The van der Waals surface area contributed by atoms with E-state index < -0.39 is 5.97 Å². The number of hydrogen-bond acceptors (Lipinski definition) is 3. The van der Waals surface area contributed by atoms with Gasteiger partial charge in [-0.3, -0.25) is 4.79 Å². The lowest BCUT2D eigenvalue weighted by atomic mass is 9.80. The molecular formula is C15H23NO2S. The summed E-state index contributed by atoms with van der Waals surface area (Å²) < 4.78 is 0. The number of thiazole rings is 1. The molecule has 2 rings (SSSR count). The van der Waals surface area contributed by atoms with Crippen LogP contribution in [0.4, 0.5) is 0 Å². The van der Waals surface area contributed by atoms with Gasteiger partial charge < -0.3 is 5.11 Å². The molecule has 0 radical (unpaired) electrons. The molecule has 3 nitrogen and oxygen atoms in total. The van der Waals surface area contributed by atoms with Crippen molar-refractivity contribution in [2.75, 3.05) is 0 Å². The molecule has 1 saturated carbocycles. The molecule has 1 aromatic rings. The van der Waals surface area contributed by atoms with E-state index in [4.69, 9.17) is 5.11 Å². The van der Waals surface area contributed by atoms with E-state index in [-0.39, 0.29) is 6.42 Å². The maximum Gasteiger partial charge on any atom is 0.303 e. The smallest absolute Gasteiger partial charge is 0.303 e. The minimum absolute atomic E-state index is 0.187. The first-order valence-corrected chi connectivity index (χ1v) is 8.23. The first-order valence-electron chi connectivity index (χ1n) is 7.35. The SMILES string of the molecule is CCCC1CCC(c2nc(CCC(=O)O)cs2)CC1. The van der Waals surface area contributed by atoms with Crippen molar-refractivity contribution in [2.45, 2.75) is 64.2 Å². The first-order chi connectivity index (χ1) is 9.19.